The van der Waals surface area contributed by atoms with Gasteiger partial charge >= 0.3 is 0 Å². The van der Waals surface area contributed by atoms with Crippen molar-refractivity contribution in [1.29, 1.82) is 0 Å². The number of halogens is 1. The van der Waals surface area contributed by atoms with E-state index in [9.17, 15) is 4.39 Å². The Morgan fingerprint density at radius 1 is 1.13 bits per heavy atom. The van der Waals surface area contributed by atoms with Gasteiger partial charge in [0.25, 0.3) is 0 Å². The summed E-state index contributed by atoms with van der Waals surface area (Å²) < 4.78 is 24.1. The van der Waals surface area contributed by atoms with Crippen LogP contribution in [-0.2, 0) is 13.2 Å². The molecule has 2 rings (SSSR count). The van der Waals surface area contributed by atoms with Crippen molar-refractivity contribution in [3.05, 3.63) is 58.9 Å². The molecular formula is C18H22FNO3. The molecule has 124 valence electrons. The van der Waals surface area contributed by atoms with E-state index in [0.717, 1.165) is 22.6 Å². The van der Waals surface area contributed by atoms with Crippen LogP contribution in [0.15, 0.2) is 36.4 Å². The summed E-state index contributed by atoms with van der Waals surface area (Å²) in [7, 11) is 3.25. The fourth-order valence-electron chi connectivity index (χ4n) is 2.42. The third-order valence-corrected chi connectivity index (χ3v) is 3.80. The summed E-state index contributed by atoms with van der Waals surface area (Å²) in [6.45, 7) is 2.27. The van der Waals surface area contributed by atoms with Gasteiger partial charge < -0.3 is 19.9 Å². The van der Waals surface area contributed by atoms with E-state index >= 15 is 0 Å². The molecule has 4 nitrogen and oxygen atoms in total. The van der Waals surface area contributed by atoms with Gasteiger partial charge in [0.05, 0.1) is 20.8 Å². The Bertz CT molecular complexity index is 661. The number of benzene rings is 2. The number of nitrogens with one attached hydrogen (secondary N) is 1. The molecule has 1 unspecified atom stereocenters. The number of hydrogen-bond donors (Lipinski definition) is 2. The first-order chi connectivity index (χ1) is 11.1. The first-order valence-electron chi connectivity index (χ1n) is 7.42. The molecule has 2 aromatic carbocycles. The minimum absolute atomic E-state index is 0.0164. The molecule has 0 spiro atoms. The van der Waals surface area contributed by atoms with Crippen molar-refractivity contribution < 1.29 is 19.0 Å². The zero-order chi connectivity index (χ0) is 16.8. The van der Waals surface area contributed by atoms with Gasteiger partial charge in [-0.15, -0.1) is 0 Å². The summed E-state index contributed by atoms with van der Waals surface area (Å²) in [5.74, 6) is 1.15. The summed E-state index contributed by atoms with van der Waals surface area (Å²) >= 11 is 0. The Balaban J connectivity index is 2.11. The van der Waals surface area contributed by atoms with Gasteiger partial charge in [0.2, 0.25) is 0 Å². The molecule has 1 atom stereocenters. The molecule has 5 heteroatoms. The van der Waals surface area contributed by atoms with E-state index in [0.29, 0.717) is 12.1 Å². The molecule has 0 aliphatic heterocycles. The van der Waals surface area contributed by atoms with Gasteiger partial charge in [-0.1, -0.05) is 6.07 Å². The molecular weight excluding hydrogens is 297 g/mol. The predicted molar refractivity (Wildman–Crippen MR) is 87.1 cm³/mol. The van der Waals surface area contributed by atoms with Crippen LogP contribution in [0.5, 0.6) is 11.5 Å². The largest absolute Gasteiger partial charge is 0.497 e. The third-order valence-electron chi connectivity index (χ3n) is 3.80. The highest BCUT2D eigenvalue weighted by Crippen LogP contribution is 2.29. The lowest BCUT2D eigenvalue weighted by Crippen LogP contribution is -2.19. The van der Waals surface area contributed by atoms with E-state index in [2.05, 4.69) is 5.32 Å². The van der Waals surface area contributed by atoms with Crippen LogP contribution in [0.25, 0.3) is 0 Å². The molecule has 2 aromatic rings. The number of methoxy groups -OCH3 is 2. The minimum atomic E-state index is -0.390. The van der Waals surface area contributed by atoms with Crippen LogP contribution in [0, 0.1) is 5.82 Å². The number of ether oxygens (including phenoxy) is 2. The smallest absolute Gasteiger partial charge is 0.128 e. The van der Waals surface area contributed by atoms with Crippen LogP contribution in [0.4, 0.5) is 4.39 Å². The van der Waals surface area contributed by atoms with E-state index in [1.807, 2.05) is 25.1 Å². The lowest BCUT2D eigenvalue weighted by molar-refractivity contribution is 0.275. The number of aliphatic hydroxyl groups is 1. The first kappa shape index (κ1) is 17.2. The van der Waals surface area contributed by atoms with Crippen molar-refractivity contribution in [3.63, 3.8) is 0 Å². The second-order valence-electron chi connectivity index (χ2n) is 5.29. The van der Waals surface area contributed by atoms with Crippen molar-refractivity contribution in [3.8, 4) is 11.5 Å². The molecule has 0 saturated carbocycles. The monoisotopic (exact) mass is 319 g/mol. The van der Waals surface area contributed by atoms with Gasteiger partial charge in [0, 0.05) is 23.7 Å². The summed E-state index contributed by atoms with van der Waals surface area (Å²) in [5.41, 5.74) is 2.19. The standard InChI is InChI=1S/C18H22FNO3/c1-12(16-9-15(22-2)5-7-18(16)23-3)20-10-13-4-6-17(19)14(8-13)11-21/h4-9,12,20-21H,10-11H2,1-3H3. The zero-order valence-electron chi connectivity index (χ0n) is 13.6. The van der Waals surface area contributed by atoms with Gasteiger partial charge in [-0.05, 0) is 42.8 Å². The quantitative estimate of drug-likeness (QED) is 0.823. The van der Waals surface area contributed by atoms with Crippen LogP contribution in [-0.4, -0.2) is 19.3 Å². The van der Waals surface area contributed by atoms with Gasteiger partial charge in [-0.3, -0.25) is 0 Å². The maximum atomic E-state index is 13.4. The van der Waals surface area contributed by atoms with Gasteiger partial charge in [0.15, 0.2) is 0 Å². The van der Waals surface area contributed by atoms with E-state index in [-0.39, 0.29) is 12.6 Å². The average Bonchev–Trinajstić information content (AvgIpc) is 2.60. The van der Waals surface area contributed by atoms with Crippen molar-refractivity contribution in [1.82, 2.24) is 5.32 Å². The lowest BCUT2D eigenvalue weighted by atomic mass is 10.1. The van der Waals surface area contributed by atoms with Crippen molar-refractivity contribution in [2.45, 2.75) is 26.1 Å². The van der Waals surface area contributed by atoms with Crippen LogP contribution in [0.2, 0.25) is 0 Å². The number of hydrogen-bond acceptors (Lipinski definition) is 4. The maximum Gasteiger partial charge on any atom is 0.128 e. The molecule has 0 amide bonds. The van der Waals surface area contributed by atoms with E-state index < -0.39 is 5.82 Å². The molecule has 2 N–H and O–H groups in total. The second-order valence-corrected chi connectivity index (χ2v) is 5.29. The van der Waals surface area contributed by atoms with Crippen LogP contribution >= 0.6 is 0 Å². The topological polar surface area (TPSA) is 50.7 Å². The van der Waals surface area contributed by atoms with Crippen molar-refractivity contribution >= 4 is 0 Å². The van der Waals surface area contributed by atoms with Crippen molar-refractivity contribution in [2.24, 2.45) is 0 Å². The Morgan fingerprint density at radius 2 is 1.91 bits per heavy atom. The highest BCUT2D eigenvalue weighted by atomic mass is 19.1. The Morgan fingerprint density at radius 3 is 2.57 bits per heavy atom. The molecule has 0 heterocycles. The summed E-state index contributed by atoms with van der Waals surface area (Å²) in [6.07, 6.45) is 0. The molecule has 0 saturated heterocycles. The second kappa shape index (κ2) is 7.94. The number of rotatable bonds is 7. The van der Waals surface area contributed by atoms with Gasteiger partial charge in [-0.25, -0.2) is 4.39 Å². The normalized spacial score (nSPS) is 12.0. The first-order valence-corrected chi connectivity index (χ1v) is 7.42. The van der Waals surface area contributed by atoms with Crippen LogP contribution in [0.1, 0.15) is 29.7 Å². The summed E-state index contributed by atoms with van der Waals surface area (Å²) in [4.78, 5) is 0. The molecule has 23 heavy (non-hydrogen) atoms. The van der Waals surface area contributed by atoms with E-state index in [4.69, 9.17) is 14.6 Å². The molecule has 0 aliphatic carbocycles. The molecule has 0 aromatic heterocycles. The zero-order valence-corrected chi connectivity index (χ0v) is 13.6. The summed E-state index contributed by atoms with van der Waals surface area (Å²) in [5, 5.41) is 12.5. The fourth-order valence-corrected chi connectivity index (χ4v) is 2.42. The average molecular weight is 319 g/mol. The predicted octanol–water partition coefficient (Wildman–Crippen LogP) is 3.19. The molecule has 0 aliphatic rings. The Labute approximate surface area is 135 Å². The van der Waals surface area contributed by atoms with E-state index in [1.165, 1.54) is 6.07 Å². The molecule has 0 bridgehead atoms. The number of aliphatic hydroxyl groups excluding tert-OH is 1. The molecule has 0 fully saturated rings. The fraction of sp³-hybridized carbons (Fsp3) is 0.333. The summed E-state index contributed by atoms with van der Waals surface area (Å²) in [6, 6.07) is 10.4. The van der Waals surface area contributed by atoms with Crippen LogP contribution in [0.3, 0.4) is 0 Å². The van der Waals surface area contributed by atoms with Gasteiger partial charge in [0.1, 0.15) is 17.3 Å². The highest BCUT2D eigenvalue weighted by Gasteiger charge is 2.13. The maximum absolute atomic E-state index is 13.4. The van der Waals surface area contributed by atoms with Crippen molar-refractivity contribution in [2.75, 3.05) is 14.2 Å². The minimum Gasteiger partial charge on any atom is -0.497 e. The Kier molecular flexibility index (Phi) is 5.96. The van der Waals surface area contributed by atoms with E-state index in [1.54, 1.807) is 26.4 Å². The highest BCUT2D eigenvalue weighted by molar-refractivity contribution is 5.42. The van der Waals surface area contributed by atoms with Gasteiger partial charge in [-0.2, -0.15) is 0 Å². The SMILES string of the molecule is COc1ccc(OC)c(C(C)NCc2ccc(F)c(CO)c2)c1. The van der Waals surface area contributed by atoms with Crippen LogP contribution < -0.4 is 14.8 Å². The Hall–Kier alpha value is -2.11. The third kappa shape index (κ3) is 4.21. The lowest BCUT2D eigenvalue weighted by Gasteiger charge is -2.18. The molecule has 0 radical (unpaired) electrons.